The Morgan fingerprint density at radius 2 is 1.61 bits per heavy atom. The van der Waals surface area contributed by atoms with E-state index in [0.717, 1.165) is 11.3 Å². The minimum Gasteiger partial charge on any atom is -0.494 e. The third-order valence-corrected chi connectivity index (χ3v) is 7.46. The molecule has 0 saturated carbocycles. The van der Waals surface area contributed by atoms with Crippen LogP contribution in [-0.2, 0) is 11.3 Å². The Morgan fingerprint density at radius 3 is 2.37 bits per heavy atom. The summed E-state index contributed by atoms with van der Waals surface area (Å²) in [6.07, 6.45) is 0. The van der Waals surface area contributed by atoms with Crippen LogP contribution in [0.1, 0.15) is 11.1 Å². The van der Waals surface area contributed by atoms with Gasteiger partial charge in [-0.25, -0.2) is 9.67 Å². The van der Waals surface area contributed by atoms with E-state index in [1.54, 1.807) is 28.8 Å². The molecule has 0 fully saturated rings. The molecule has 1 aliphatic heterocycles. The highest BCUT2D eigenvalue weighted by atomic mass is 32.1. The van der Waals surface area contributed by atoms with Gasteiger partial charge in [-0.15, -0.1) is 11.3 Å². The van der Waals surface area contributed by atoms with Crippen LogP contribution >= 0.6 is 11.3 Å². The van der Waals surface area contributed by atoms with Gasteiger partial charge in [0.2, 0.25) is 4.80 Å². The van der Waals surface area contributed by atoms with Gasteiger partial charge in [0.25, 0.3) is 11.6 Å². The molecular weight excluding hydrogens is 538 g/mol. The molecule has 0 saturated heterocycles. The number of non-ortho nitro benzene ring substituents is 1. The van der Waals surface area contributed by atoms with E-state index in [9.17, 15) is 14.9 Å². The number of nitrogens with zero attached hydrogens (tertiary/aromatic N) is 5. The molecule has 10 heteroatoms. The number of ether oxygens (including phenoxy) is 1. The Morgan fingerprint density at radius 1 is 0.902 bits per heavy atom. The second kappa shape index (κ2) is 11.0. The SMILES string of the molecule is COc1ccccc1N=c1scc(-c2ccc([N+](=O)[O-])cc2)n1N=C1C(=O)N(Cc2ccccc2)c2ccccc21. The number of fused-ring (bicyclic) bond motifs is 1. The van der Waals surface area contributed by atoms with Crippen LogP contribution in [0.2, 0.25) is 0 Å². The molecule has 5 aromatic rings. The van der Waals surface area contributed by atoms with Crippen molar-refractivity contribution in [1.29, 1.82) is 0 Å². The average Bonchev–Trinajstić information content (AvgIpc) is 3.52. The van der Waals surface area contributed by atoms with Crippen LogP contribution in [0.3, 0.4) is 0 Å². The molecule has 0 N–H and O–H groups in total. The first-order valence-corrected chi connectivity index (χ1v) is 13.6. The zero-order chi connectivity index (χ0) is 28.3. The highest BCUT2D eigenvalue weighted by molar-refractivity contribution is 7.07. The summed E-state index contributed by atoms with van der Waals surface area (Å²) < 4.78 is 7.11. The van der Waals surface area contributed by atoms with Crippen LogP contribution in [0.25, 0.3) is 11.3 Å². The predicted molar refractivity (Wildman–Crippen MR) is 159 cm³/mol. The van der Waals surface area contributed by atoms with Crippen molar-refractivity contribution in [3.05, 3.63) is 135 Å². The molecule has 1 amide bonds. The smallest absolute Gasteiger partial charge is 0.279 e. The molecule has 0 radical (unpaired) electrons. The van der Waals surface area contributed by atoms with Crippen LogP contribution in [-0.4, -0.2) is 28.3 Å². The van der Waals surface area contributed by atoms with Crippen molar-refractivity contribution in [2.75, 3.05) is 12.0 Å². The first-order valence-electron chi connectivity index (χ1n) is 12.7. The lowest BCUT2D eigenvalue weighted by Gasteiger charge is -2.16. The van der Waals surface area contributed by atoms with Crippen molar-refractivity contribution in [2.24, 2.45) is 10.1 Å². The normalized spacial score (nSPS) is 14.0. The second-order valence-electron chi connectivity index (χ2n) is 9.15. The van der Waals surface area contributed by atoms with Gasteiger partial charge in [-0.2, -0.15) is 5.10 Å². The number of nitro groups is 1. The van der Waals surface area contributed by atoms with E-state index in [1.807, 2.05) is 84.2 Å². The van der Waals surface area contributed by atoms with Crippen molar-refractivity contribution >= 4 is 40.0 Å². The van der Waals surface area contributed by atoms with Gasteiger partial charge in [-0.3, -0.25) is 14.9 Å². The minimum atomic E-state index is -0.441. The summed E-state index contributed by atoms with van der Waals surface area (Å²) in [5, 5.41) is 18.0. The third kappa shape index (κ3) is 5.04. The third-order valence-electron chi connectivity index (χ3n) is 6.64. The Labute approximate surface area is 239 Å². The Kier molecular flexibility index (Phi) is 6.97. The summed E-state index contributed by atoms with van der Waals surface area (Å²) in [6, 6.07) is 30.9. The summed E-state index contributed by atoms with van der Waals surface area (Å²) in [4.78, 5) is 31.7. The van der Waals surface area contributed by atoms with Gasteiger partial charge in [0.15, 0.2) is 5.71 Å². The number of aromatic nitrogens is 1. The second-order valence-corrected chi connectivity index (χ2v) is 9.98. The minimum absolute atomic E-state index is 0.0165. The number of hydrogen-bond donors (Lipinski definition) is 0. The molecular formula is C31H23N5O4S. The van der Waals surface area contributed by atoms with E-state index >= 15 is 0 Å². The molecule has 0 bridgehead atoms. The molecule has 2 heterocycles. The number of carbonyl (C=O) groups is 1. The number of nitro benzene ring substituents is 1. The van der Waals surface area contributed by atoms with Gasteiger partial charge >= 0.3 is 0 Å². The Bertz CT molecular complexity index is 1860. The van der Waals surface area contributed by atoms with Crippen molar-refractivity contribution in [3.63, 3.8) is 0 Å². The maximum absolute atomic E-state index is 13.9. The molecule has 0 aliphatic carbocycles. The summed E-state index contributed by atoms with van der Waals surface area (Å²) >= 11 is 1.34. The summed E-state index contributed by atoms with van der Waals surface area (Å²) in [6.45, 7) is 0.400. The summed E-state index contributed by atoms with van der Waals surface area (Å²) in [5.41, 5.74) is 4.68. The molecule has 0 unspecified atom stereocenters. The van der Waals surface area contributed by atoms with E-state index in [1.165, 1.54) is 23.5 Å². The van der Waals surface area contributed by atoms with Gasteiger partial charge in [0.1, 0.15) is 11.4 Å². The van der Waals surface area contributed by atoms with Crippen LogP contribution in [0, 0.1) is 10.1 Å². The maximum Gasteiger partial charge on any atom is 0.279 e. The number of para-hydroxylation sites is 3. The van der Waals surface area contributed by atoms with Crippen LogP contribution in [0.15, 0.2) is 119 Å². The van der Waals surface area contributed by atoms with E-state index in [0.29, 0.717) is 39.6 Å². The molecule has 9 nitrogen and oxygen atoms in total. The number of carbonyl (C=O) groups excluding carboxylic acids is 1. The fourth-order valence-electron chi connectivity index (χ4n) is 4.63. The quantitative estimate of drug-likeness (QED) is 0.175. The molecule has 1 aliphatic rings. The summed E-state index contributed by atoms with van der Waals surface area (Å²) in [5.74, 6) is 0.361. The topological polar surface area (TPSA) is 102 Å². The molecule has 0 spiro atoms. The lowest BCUT2D eigenvalue weighted by Crippen LogP contribution is -2.30. The first-order chi connectivity index (χ1) is 20.0. The molecule has 0 atom stereocenters. The average molecular weight is 562 g/mol. The van der Waals surface area contributed by atoms with Crippen molar-refractivity contribution in [3.8, 4) is 17.0 Å². The van der Waals surface area contributed by atoms with Crippen molar-refractivity contribution in [2.45, 2.75) is 6.54 Å². The Balaban J connectivity index is 1.52. The van der Waals surface area contributed by atoms with Crippen LogP contribution < -0.4 is 14.4 Å². The number of anilines is 1. The van der Waals surface area contributed by atoms with E-state index in [4.69, 9.17) is 14.8 Å². The molecule has 1 aromatic heterocycles. The number of thiazole rings is 1. The monoisotopic (exact) mass is 561 g/mol. The van der Waals surface area contributed by atoms with Crippen molar-refractivity contribution < 1.29 is 14.5 Å². The lowest BCUT2D eigenvalue weighted by atomic mass is 10.1. The fourth-order valence-corrected chi connectivity index (χ4v) is 5.48. The van der Waals surface area contributed by atoms with Crippen LogP contribution in [0.5, 0.6) is 5.75 Å². The zero-order valence-corrected chi connectivity index (χ0v) is 22.7. The zero-order valence-electron chi connectivity index (χ0n) is 21.9. The lowest BCUT2D eigenvalue weighted by molar-refractivity contribution is -0.384. The highest BCUT2D eigenvalue weighted by Crippen LogP contribution is 2.32. The molecule has 4 aromatic carbocycles. The maximum atomic E-state index is 13.9. The molecule has 41 heavy (non-hydrogen) atoms. The van der Waals surface area contributed by atoms with Gasteiger partial charge in [0, 0.05) is 28.6 Å². The van der Waals surface area contributed by atoms with Crippen LogP contribution in [0.4, 0.5) is 17.1 Å². The number of benzene rings is 4. The molecule has 202 valence electrons. The van der Waals surface area contributed by atoms with Crippen molar-refractivity contribution in [1.82, 2.24) is 4.68 Å². The van der Waals surface area contributed by atoms with Gasteiger partial charge in [-0.05, 0) is 35.9 Å². The van der Waals surface area contributed by atoms with E-state index in [-0.39, 0.29) is 17.3 Å². The largest absolute Gasteiger partial charge is 0.494 e. The van der Waals surface area contributed by atoms with Gasteiger partial charge in [-0.1, -0.05) is 60.7 Å². The summed E-state index contributed by atoms with van der Waals surface area (Å²) in [7, 11) is 1.58. The van der Waals surface area contributed by atoms with E-state index in [2.05, 4.69) is 0 Å². The Hall–Kier alpha value is -5.35. The number of rotatable bonds is 7. The predicted octanol–water partition coefficient (Wildman–Crippen LogP) is 6.17. The van der Waals surface area contributed by atoms with Gasteiger partial charge < -0.3 is 9.64 Å². The first kappa shape index (κ1) is 25.9. The number of methoxy groups -OCH3 is 1. The number of hydrogen-bond acceptors (Lipinski definition) is 7. The highest BCUT2D eigenvalue weighted by Gasteiger charge is 2.34. The number of amides is 1. The van der Waals surface area contributed by atoms with E-state index < -0.39 is 4.92 Å². The fraction of sp³-hybridized carbons (Fsp3) is 0.0645. The standard InChI is InChI=1S/C31H23N5O4S/c1-40-28-14-8-6-12-25(28)32-31-35(27(20-41-31)22-15-17-23(18-16-22)36(38)39)33-29-24-11-5-7-13-26(24)34(30(29)37)19-21-9-3-2-4-10-21/h2-18,20H,19H2,1H3. The molecule has 6 rings (SSSR count). The van der Waals surface area contributed by atoms with Gasteiger partial charge in [0.05, 0.1) is 30.0 Å².